The van der Waals surface area contributed by atoms with Gasteiger partial charge in [0, 0.05) is 38.1 Å². The van der Waals surface area contributed by atoms with E-state index in [9.17, 15) is 28.1 Å². The molecular formula is C15H15F3N4O4. The maximum Gasteiger partial charge on any atom is 0.436 e. The minimum atomic E-state index is -4.76. The Kier molecular flexibility index (Phi) is 5.48. The molecule has 0 N–H and O–H groups in total. The average Bonchev–Trinajstić information content (AvgIpc) is 2.97. The molecule has 1 heterocycles. The summed E-state index contributed by atoms with van der Waals surface area (Å²) in [5.41, 5.74) is -1.39. The molecule has 0 saturated heterocycles. The Morgan fingerprint density at radius 3 is 2.50 bits per heavy atom. The fraction of sp³-hybridized carbons (Fsp3) is 0.333. The molecule has 0 atom stereocenters. The first-order valence-electron chi connectivity index (χ1n) is 7.33. The topological polar surface area (TPSA) is 90.5 Å². The number of benzene rings is 1. The molecule has 0 bridgehead atoms. The molecule has 26 heavy (non-hydrogen) atoms. The zero-order valence-electron chi connectivity index (χ0n) is 13.9. The van der Waals surface area contributed by atoms with E-state index in [1.807, 2.05) is 0 Å². The van der Waals surface area contributed by atoms with E-state index in [-0.39, 0.29) is 18.8 Å². The minimum Gasteiger partial charge on any atom is -0.460 e. The Labute approximate surface area is 145 Å². The van der Waals surface area contributed by atoms with Crippen molar-refractivity contribution < 1.29 is 27.6 Å². The Morgan fingerprint density at radius 1 is 1.35 bits per heavy atom. The number of halogens is 3. The van der Waals surface area contributed by atoms with Gasteiger partial charge in [0.25, 0.3) is 5.69 Å². The summed E-state index contributed by atoms with van der Waals surface area (Å²) in [6, 6.07) is 5.68. The van der Waals surface area contributed by atoms with E-state index in [0.717, 1.165) is 10.9 Å². The van der Waals surface area contributed by atoms with Crippen LogP contribution in [0.25, 0.3) is 0 Å². The molecule has 0 radical (unpaired) electrons. The first-order chi connectivity index (χ1) is 12.1. The van der Waals surface area contributed by atoms with Gasteiger partial charge in [-0.3, -0.25) is 14.8 Å². The highest BCUT2D eigenvalue weighted by molar-refractivity contribution is 5.90. The monoisotopic (exact) mass is 372 g/mol. The number of carbonyl (C=O) groups is 1. The molecule has 0 aliphatic heterocycles. The van der Waals surface area contributed by atoms with Crippen LogP contribution in [0.3, 0.4) is 0 Å². The normalized spacial score (nSPS) is 11.3. The fourth-order valence-corrected chi connectivity index (χ4v) is 2.16. The first-order valence-corrected chi connectivity index (χ1v) is 7.33. The van der Waals surface area contributed by atoms with E-state index in [2.05, 4.69) is 5.10 Å². The van der Waals surface area contributed by atoms with Crippen molar-refractivity contribution in [1.82, 2.24) is 9.78 Å². The van der Waals surface area contributed by atoms with Crippen LogP contribution >= 0.6 is 0 Å². The molecule has 1 aromatic heterocycles. The average molecular weight is 372 g/mol. The molecule has 0 amide bonds. The van der Waals surface area contributed by atoms with Crippen molar-refractivity contribution in [2.45, 2.75) is 6.18 Å². The molecule has 0 saturated carbocycles. The number of hydrogen-bond donors (Lipinski definition) is 0. The second-order valence-electron chi connectivity index (χ2n) is 5.39. The van der Waals surface area contributed by atoms with Gasteiger partial charge in [-0.15, -0.1) is 0 Å². The third kappa shape index (κ3) is 4.49. The van der Waals surface area contributed by atoms with E-state index < -0.39 is 28.3 Å². The summed E-state index contributed by atoms with van der Waals surface area (Å²) < 4.78 is 44.3. The largest absolute Gasteiger partial charge is 0.460 e. The summed E-state index contributed by atoms with van der Waals surface area (Å²) in [6.07, 6.45) is -3.81. The Hall–Kier alpha value is -3.11. The van der Waals surface area contributed by atoms with Crippen LogP contribution in [0.2, 0.25) is 0 Å². The molecular weight excluding hydrogens is 357 g/mol. The first kappa shape index (κ1) is 19.2. The van der Waals surface area contributed by atoms with Crippen LogP contribution in [-0.2, 0) is 18.0 Å². The third-order valence-corrected chi connectivity index (χ3v) is 3.48. The lowest BCUT2D eigenvalue weighted by Crippen LogP contribution is -2.24. The van der Waals surface area contributed by atoms with Crippen molar-refractivity contribution in [2.24, 2.45) is 7.05 Å². The number of anilines is 1. The molecule has 8 nitrogen and oxygen atoms in total. The number of carbonyl (C=O) groups excluding carboxylic acids is 1. The number of aryl methyl sites for hydroxylation is 1. The summed E-state index contributed by atoms with van der Waals surface area (Å²) in [4.78, 5) is 23.6. The molecule has 0 aliphatic rings. The third-order valence-electron chi connectivity index (χ3n) is 3.48. The van der Waals surface area contributed by atoms with E-state index in [4.69, 9.17) is 4.74 Å². The van der Waals surface area contributed by atoms with Gasteiger partial charge < -0.3 is 9.64 Å². The maximum absolute atomic E-state index is 12.8. The molecule has 0 fully saturated rings. The predicted octanol–water partition coefficient (Wildman–Crippen LogP) is 2.64. The molecule has 0 unspecified atom stereocenters. The fourth-order valence-electron chi connectivity index (χ4n) is 2.16. The van der Waals surface area contributed by atoms with Crippen molar-refractivity contribution in [2.75, 3.05) is 25.1 Å². The van der Waals surface area contributed by atoms with Crippen LogP contribution in [-0.4, -0.2) is 40.9 Å². The van der Waals surface area contributed by atoms with Gasteiger partial charge in [0.15, 0.2) is 5.69 Å². The van der Waals surface area contributed by atoms with Gasteiger partial charge in [0.1, 0.15) is 12.2 Å². The van der Waals surface area contributed by atoms with E-state index >= 15 is 0 Å². The lowest BCUT2D eigenvalue weighted by molar-refractivity contribution is -0.384. The van der Waals surface area contributed by atoms with Crippen LogP contribution in [0, 0.1) is 10.1 Å². The highest BCUT2D eigenvalue weighted by Gasteiger charge is 2.39. The highest BCUT2D eigenvalue weighted by Crippen LogP contribution is 2.30. The van der Waals surface area contributed by atoms with Crippen LogP contribution in [0.15, 0.2) is 30.5 Å². The second kappa shape index (κ2) is 7.42. The number of rotatable bonds is 6. The van der Waals surface area contributed by atoms with Crippen LogP contribution in [0.5, 0.6) is 0 Å². The molecule has 2 rings (SSSR count). The van der Waals surface area contributed by atoms with Gasteiger partial charge in [0.05, 0.1) is 11.5 Å². The Morgan fingerprint density at radius 2 is 1.96 bits per heavy atom. The van der Waals surface area contributed by atoms with Gasteiger partial charge in [0.2, 0.25) is 0 Å². The van der Waals surface area contributed by atoms with Crippen LogP contribution < -0.4 is 4.90 Å². The number of nitrogens with zero attached hydrogens (tertiary/aromatic N) is 4. The van der Waals surface area contributed by atoms with Crippen molar-refractivity contribution >= 4 is 17.3 Å². The number of non-ortho nitro benzene ring substituents is 1. The van der Waals surface area contributed by atoms with Gasteiger partial charge in [-0.05, 0) is 12.1 Å². The molecule has 1 aromatic carbocycles. The lowest BCUT2D eigenvalue weighted by Gasteiger charge is -2.18. The van der Waals surface area contributed by atoms with Crippen molar-refractivity contribution in [3.63, 3.8) is 0 Å². The second-order valence-corrected chi connectivity index (χ2v) is 5.39. The van der Waals surface area contributed by atoms with Gasteiger partial charge in [-0.1, -0.05) is 0 Å². The molecule has 0 aliphatic carbocycles. The van der Waals surface area contributed by atoms with Crippen LogP contribution in [0.1, 0.15) is 16.1 Å². The van der Waals surface area contributed by atoms with Crippen molar-refractivity contribution in [1.29, 1.82) is 0 Å². The van der Waals surface area contributed by atoms with Crippen molar-refractivity contribution in [3.05, 3.63) is 51.8 Å². The van der Waals surface area contributed by atoms with E-state index in [0.29, 0.717) is 5.69 Å². The SMILES string of the molecule is CN(CCOC(=O)c1cn(C)nc1C(F)(F)F)c1ccc([N+](=O)[O-])cc1. The van der Waals surface area contributed by atoms with Gasteiger partial charge in [-0.2, -0.15) is 18.3 Å². The zero-order chi connectivity index (χ0) is 19.5. The smallest absolute Gasteiger partial charge is 0.436 e. The molecule has 2 aromatic rings. The maximum atomic E-state index is 12.8. The number of hydrogen-bond acceptors (Lipinski definition) is 6. The standard InChI is InChI=1S/C15H15F3N4O4/c1-20(10-3-5-11(6-4-10)22(24)25)7-8-26-14(23)12-9-21(2)19-13(12)15(16,17)18/h3-6,9H,7-8H2,1-2H3. The van der Waals surface area contributed by atoms with Gasteiger partial charge >= 0.3 is 12.1 Å². The summed E-state index contributed by atoms with van der Waals surface area (Å²) in [5.74, 6) is -1.12. The summed E-state index contributed by atoms with van der Waals surface area (Å²) in [5, 5.41) is 13.9. The summed E-state index contributed by atoms with van der Waals surface area (Å²) >= 11 is 0. The zero-order valence-corrected chi connectivity index (χ0v) is 13.9. The summed E-state index contributed by atoms with van der Waals surface area (Å²) in [7, 11) is 2.93. The van der Waals surface area contributed by atoms with E-state index in [1.54, 1.807) is 11.9 Å². The number of ether oxygens (including phenoxy) is 1. The number of aromatic nitrogens is 2. The number of esters is 1. The number of alkyl halides is 3. The Bertz CT molecular complexity index is 802. The molecule has 11 heteroatoms. The molecule has 0 spiro atoms. The predicted molar refractivity (Wildman–Crippen MR) is 84.9 cm³/mol. The van der Waals surface area contributed by atoms with Gasteiger partial charge in [-0.25, -0.2) is 4.79 Å². The lowest BCUT2D eigenvalue weighted by atomic mass is 10.2. The quantitative estimate of drug-likeness (QED) is 0.440. The minimum absolute atomic E-state index is 0.0650. The van der Waals surface area contributed by atoms with Crippen LogP contribution in [0.4, 0.5) is 24.5 Å². The highest BCUT2D eigenvalue weighted by atomic mass is 19.4. The molecule has 140 valence electrons. The van der Waals surface area contributed by atoms with E-state index in [1.165, 1.54) is 31.3 Å². The Balaban J connectivity index is 1.95. The van der Waals surface area contributed by atoms with Crippen molar-refractivity contribution in [3.8, 4) is 0 Å². The number of nitro benzene ring substituents is 1. The number of likely N-dealkylation sites (N-methyl/N-ethyl adjacent to an activating group) is 1. The number of nitro groups is 1. The summed E-state index contributed by atoms with van der Waals surface area (Å²) in [6.45, 7) is 0.0175.